The summed E-state index contributed by atoms with van der Waals surface area (Å²) < 4.78 is 16.3. The first-order chi connectivity index (χ1) is 12.3. The monoisotopic (exact) mass is 349 g/mol. The molecule has 2 saturated heterocycles. The predicted octanol–water partition coefficient (Wildman–Crippen LogP) is 1.51. The molecule has 3 fully saturated rings. The Labute approximate surface area is 148 Å². The molecule has 138 valence electrons. The second-order valence-corrected chi connectivity index (χ2v) is 7.18. The summed E-state index contributed by atoms with van der Waals surface area (Å²) in [6.45, 7) is 6.46. The van der Waals surface area contributed by atoms with E-state index in [9.17, 15) is 4.79 Å². The van der Waals surface area contributed by atoms with Gasteiger partial charge in [0, 0.05) is 57.4 Å². The van der Waals surface area contributed by atoms with Crippen molar-refractivity contribution >= 4 is 5.91 Å². The van der Waals surface area contributed by atoms with Crippen molar-refractivity contribution in [3.63, 3.8) is 0 Å². The van der Waals surface area contributed by atoms with E-state index < -0.39 is 0 Å². The van der Waals surface area contributed by atoms with Gasteiger partial charge in [-0.05, 0) is 25.7 Å². The van der Waals surface area contributed by atoms with Crippen LogP contribution in [0, 0.1) is 0 Å². The molecule has 3 heterocycles. The van der Waals surface area contributed by atoms with Crippen LogP contribution in [0.1, 0.15) is 47.8 Å². The van der Waals surface area contributed by atoms with Crippen molar-refractivity contribution in [1.29, 1.82) is 0 Å². The number of amides is 1. The van der Waals surface area contributed by atoms with Gasteiger partial charge >= 0.3 is 0 Å². The van der Waals surface area contributed by atoms with E-state index in [1.807, 2.05) is 11.0 Å². The van der Waals surface area contributed by atoms with Crippen LogP contribution in [-0.4, -0.2) is 79.5 Å². The number of hydrogen-bond donors (Lipinski definition) is 0. The number of nitrogens with zero attached hydrogens (tertiary/aromatic N) is 3. The van der Waals surface area contributed by atoms with Crippen molar-refractivity contribution < 1.29 is 18.8 Å². The van der Waals surface area contributed by atoms with Gasteiger partial charge in [0.15, 0.2) is 5.69 Å². The third kappa shape index (κ3) is 4.22. The summed E-state index contributed by atoms with van der Waals surface area (Å²) in [5.74, 6) is 1.33. The Morgan fingerprint density at radius 1 is 1.12 bits per heavy atom. The Bertz CT molecular complexity index is 575. The van der Waals surface area contributed by atoms with Gasteiger partial charge in [-0.2, -0.15) is 0 Å². The summed E-state index contributed by atoms with van der Waals surface area (Å²) in [5, 5.41) is 4.06. The Hall–Kier alpha value is -1.44. The maximum absolute atomic E-state index is 13.1. The molecule has 7 nitrogen and oxygen atoms in total. The third-order valence-corrected chi connectivity index (χ3v) is 5.38. The van der Waals surface area contributed by atoms with Crippen LogP contribution >= 0.6 is 0 Å². The van der Waals surface area contributed by atoms with Crippen molar-refractivity contribution in [2.24, 2.45) is 0 Å². The number of morpholine rings is 1. The highest BCUT2D eigenvalue weighted by Gasteiger charge is 2.32. The lowest BCUT2D eigenvalue weighted by Crippen LogP contribution is -2.48. The SMILES string of the molecule is O=C(c1cc(C2CC2)on1)N(CCN1CCOCC1)C1CCOCC1. The van der Waals surface area contributed by atoms with E-state index in [2.05, 4.69) is 10.1 Å². The second-order valence-electron chi connectivity index (χ2n) is 7.18. The summed E-state index contributed by atoms with van der Waals surface area (Å²) in [5.41, 5.74) is 0.454. The normalized spacial score (nSPS) is 22.9. The topological polar surface area (TPSA) is 68.0 Å². The molecule has 1 aromatic heterocycles. The van der Waals surface area contributed by atoms with Gasteiger partial charge in [0.05, 0.1) is 13.2 Å². The number of aromatic nitrogens is 1. The van der Waals surface area contributed by atoms with Gasteiger partial charge in [-0.15, -0.1) is 0 Å². The summed E-state index contributed by atoms with van der Waals surface area (Å²) in [6.07, 6.45) is 4.07. The van der Waals surface area contributed by atoms with Crippen LogP contribution in [0.2, 0.25) is 0 Å². The molecule has 2 aliphatic heterocycles. The molecule has 1 amide bonds. The van der Waals surface area contributed by atoms with Crippen LogP contribution in [0.3, 0.4) is 0 Å². The fourth-order valence-electron chi connectivity index (χ4n) is 3.62. The molecule has 0 radical (unpaired) electrons. The minimum absolute atomic E-state index is 0.00388. The molecule has 7 heteroatoms. The van der Waals surface area contributed by atoms with Crippen molar-refractivity contribution in [2.45, 2.75) is 37.6 Å². The number of rotatable bonds is 6. The molecule has 0 atom stereocenters. The number of carbonyl (C=O) groups is 1. The van der Waals surface area contributed by atoms with E-state index in [-0.39, 0.29) is 11.9 Å². The first-order valence-corrected chi connectivity index (χ1v) is 9.46. The molecule has 0 N–H and O–H groups in total. The standard InChI is InChI=1S/C18H27N3O4/c22-18(16-13-17(25-19-16)14-1-2-14)21(15-3-9-23-10-4-15)6-5-20-7-11-24-12-8-20/h13-15H,1-12H2. The van der Waals surface area contributed by atoms with Crippen molar-refractivity contribution in [1.82, 2.24) is 15.0 Å². The zero-order chi connectivity index (χ0) is 17.1. The number of hydrogen-bond acceptors (Lipinski definition) is 6. The molecule has 1 aliphatic carbocycles. The van der Waals surface area contributed by atoms with Crippen LogP contribution in [0.5, 0.6) is 0 Å². The zero-order valence-electron chi connectivity index (χ0n) is 14.7. The zero-order valence-corrected chi connectivity index (χ0v) is 14.7. The van der Waals surface area contributed by atoms with Crippen molar-refractivity contribution in [3.05, 3.63) is 17.5 Å². The minimum atomic E-state index is -0.00388. The lowest BCUT2D eigenvalue weighted by Gasteiger charge is -2.36. The van der Waals surface area contributed by atoms with Crippen LogP contribution in [0.4, 0.5) is 0 Å². The molecule has 0 bridgehead atoms. The molecular weight excluding hydrogens is 322 g/mol. The molecule has 3 aliphatic rings. The van der Waals surface area contributed by atoms with E-state index in [0.29, 0.717) is 11.6 Å². The average Bonchev–Trinajstić information content (AvgIpc) is 3.40. The molecular formula is C18H27N3O4. The Morgan fingerprint density at radius 2 is 1.84 bits per heavy atom. The Balaban J connectivity index is 1.43. The van der Waals surface area contributed by atoms with Gasteiger partial charge in [0.1, 0.15) is 5.76 Å². The highest BCUT2D eigenvalue weighted by molar-refractivity contribution is 5.92. The van der Waals surface area contributed by atoms with Gasteiger partial charge in [-0.1, -0.05) is 5.16 Å². The predicted molar refractivity (Wildman–Crippen MR) is 90.6 cm³/mol. The molecule has 0 aromatic carbocycles. The average molecular weight is 349 g/mol. The summed E-state index contributed by atoms with van der Waals surface area (Å²) in [6, 6.07) is 2.07. The van der Waals surface area contributed by atoms with E-state index in [1.54, 1.807) is 0 Å². The molecule has 0 unspecified atom stereocenters. The Kier molecular flexibility index (Phi) is 5.33. The lowest BCUT2D eigenvalue weighted by molar-refractivity contribution is 0.0137. The second kappa shape index (κ2) is 7.85. The summed E-state index contributed by atoms with van der Waals surface area (Å²) in [7, 11) is 0. The summed E-state index contributed by atoms with van der Waals surface area (Å²) >= 11 is 0. The molecule has 4 rings (SSSR count). The highest BCUT2D eigenvalue weighted by Crippen LogP contribution is 2.40. The van der Waals surface area contributed by atoms with Crippen LogP contribution in [0.15, 0.2) is 10.6 Å². The van der Waals surface area contributed by atoms with Gasteiger partial charge in [0.2, 0.25) is 0 Å². The molecule has 0 spiro atoms. The minimum Gasteiger partial charge on any atom is -0.381 e. The van der Waals surface area contributed by atoms with Crippen LogP contribution in [0.25, 0.3) is 0 Å². The number of carbonyl (C=O) groups excluding carboxylic acids is 1. The summed E-state index contributed by atoms with van der Waals surface area (Å²) in [4.78, 5) is 17.4. The number of ether oxygens (including phenoxy) is 2. The fourth-order valence-corrected chi connectivity index (χ4v) is 3.62. The Morgan fingerprint density at radius 3 is 2.56 bits per heavy atom. The lowest BCUT2D eigenvalue weighted by atomic mass is 10.1. The first-order valence-electron chi connectivity index (χ1n) is 9.46. The highest BCUT2D eigenvalue weighted by atomic mass is 16.5. The fraction of sp³-hybridized carbons (Fsp3) is 0.778. The van der Waals surface area contributed by atoms with Gasteiger partial charge in [0.25, 0.3) is 5.91 Å². The molecule has 1 aromatic rings. The van der Waals surface area contributed by atoms with Crippen LogP contribution < -0.4 is 0 Å². The van der Waals surface area contributed by atoms with E-state index in [1.165, 1.54) is 0 Å². The van der Waals surface area contributed by atoms with Gasteiger partial charge < -0.3 is 18.9 Å². The van der Waals surface area contributed by atoms with Gasteiger partial charge in [-0.3, -0.25) is 9.69 Å². The van der Waals surface area contributed by atoms with Gasteiger partial charge in [-0.25, -0.2) is 0 Å². The van der Waals surface area contributed by atoms with Crippen LogP contribution in [-0.2, 0) is 9.47 Å². The largest absolute Gasteiger partial charge is 0.381 e. The van der Waals surface area contributed by atoms with Crippen molar-refractivity contribution in [3.8, 4) is 0 Å². The van der Waals surface area contributed by atoms with Crippen molar-refractivity contribution in [2.75, 3.05) is 52.6 Å². The molecule has 1 saturated carbocycles. The first kappa shape index (κ1) is 17.0. The quantitative estimate of drug-likeness (QED) is 0.775. The van der Waals surface area contributed by atoms with E-state index in [4.69, 9.17) is 14.0 Å². The van der Waals surface area contributed by atoms with E-state index >= 15 is 0 Å². The maximum Gasteiger partial charge on any atom is 0.276 e. The third-order valence-electron chi connectivity index (χ3n) is 5.38. The molecule has 25 heavy (non-hydrogen) atoms. The maximum atomic E-state index is 13.1. The van der Waals surface area contributed by atoms with E-state index in [0.717, 1.165) is 84.1 Å². The smallest absolute Gasteiger partial charge is 0.276 e.